The molecule has 0 aromatic heterocycles. The number of fused-ring (bicyclic) bond motifs is 1. The second kappa shape index (κ2) is 6.14. The maximum absolute atomic E-state index is 12.2. The van der Waals surface area contributed by atoms with Gasteiger partial charge in [0.05, 0.1) is 6.54 Å². The molecular weight excluding hydrogens is 222 g/mol. The Bertz CT molecular complexity index is 425. The molecule has 0 spiro atoms. The molecule has 0 bridgehead atoms. The predicted molar refractivity (Wildman–Crippen MR) is 75.2 cm³/mol. The lowest BCUT2D eigenvalue weighted by molar-refractivity contribution is 0.0945. The monoisotopic (exact) mass is 245 g/mol. The van der Waals surface area contributed by atoms with E-state index in [1.165, 1.54) is 30.4 Å². The number of carbonyl (C=O) groups is 1. The second-order valence-corrected chi connectivity index (χ2v) is 5.35. The van der Waals surface area contributed by atoms with E-state index in [0.717, 1.165) is 24.9 Å². The van der Waals surface area contributed by atoms with E-state index in [9.17, 15) is 4.79 Å². The van der Waals surface area contributed by atoms with Crippen LogP contribution in [0.25, 0.3) is 0 Å². The number of aryl methyl sites for hydroxylation is 2. The fraction of sp³-hybridized carbons (Fsp3) is 0.562. The Balaban J connectivity index is 1.96. The normalized spacial score (nSPS) is 13.9. The average Bonchev–Trinajstić information content (AvgIpc) is 2.83. The van der Waals surface area contributed by atoms with E-state index < -0.39 is 0 Å². The predicted octanol–water partition coefficient (Wildman–Crippen LogP) is 3.09. The minimum atomic E-state index is 0.253. The fourth-order valence-electron chi connectivity index (χ4n) is 2.59. The van der Waals surface area contributed by atoms with Gasteiger partial charge < -0.3 is 0 Å². The van der Waals surface area contributed by atoms with Gasteiger partial charge in [-0.2, -0.15) is 0 Å². The van der Waals surface area contributed by atoms with Crippen LogP contribution in [0.15, 0.2) is 18.2 Å². The molecule has 0 saturated carbocycles. The summed E-state index contributed by atoms with van der Waals surface area (Å²) in [5.41, 5.74) is 3.71. The number of carbonyl (C=O) groups excluding carboxylic acids is 1. The first kappa shape index (κ1) is 13.3. The maximum Gasteiger partial charge on any atom is 0.176 e. The number of unbranched alkanes of at least 4 members (excludes halogenated alkanes) is 1. The lowest BCUT2D eigenvalue weighted by Gasteiger charge is -2.15. The highest BCUT2D eigenvalue weighted by Gasteiger charge is 2.14. The van der Waals surface area contributed by atoms with Crippen molar-refractivity contribution in [1.29, 1.82) is 0 Å². The van der Waals surface area contributed by atoms with Gasteiger partial charge in [0, 0.05) is 5.56 Å². The molecule has 2 heteroatoms. The topological polar surface area (TPSA) is 20.3 Å². The third-order valence-electron chi connectivity index (χ3n) is 3.73. The van der Waals surface area contributed by atoms with Crippen LogP contribution in [0.5, 0.6) is 0 Å². The molecule has 98 valence electrons. The molecule has 2 rings (SSSR count). The summed E-state index contributed by atoms with van der Waals surface area (Å²) in [6.07, 6.45) is 5.90. The van der Waals surface area contributed by atoms with Crippen molar-refractivity contribution in [3.63, 3.8) is 0 Å². The molecule has 0 saturated heterocycles. The maximum atomic E-state index is 12.2. The average molecular weight is 245 g/mol. The van der Waals surface area contributed by atoms with Gasteiger partial charge in [0.1, 0.15) is 0 Å². The second-order valence-electron chi connectivity index (χ2n) is 5.35. The molecule has 0 amide bonds. The zero-order valence-electron chi connectivity index (χ0n) is 11.5. The van der Waals surface area contributed by atoms with Crippen LogP contribution in [0.1, 0.15) is 47.7 Å². The first-order chi connectivity index (χ1) is 8.70. The molecule has 0 N–H and O–H groups in total. The van der Waals surface area contributed by atoms with Crippen LogP contribution in [0.2, 0.25) is 0 Å². The highest BCUT2D eigenvalue weighted by Crippen LogP contribution is 2.23. The quantitative estimate of drug-likeness (QED) is 0.718. The van der Waals surface area contributed by atoms with E-state index in [2.05, 4.69) is 24.0 Å². The van der Waals surface area contributed by atoms with Crippen LogP contribution in [0, 0.1) is 0 Å². The molecule has 2 nitrogen and oxygen atoms in total. The third-order valence-corrected chi connectivity index (χ3v) is 3.73. The third kappa shape index (κ3) is 3.20. The molecule has 1 aromatic carbocycles. The van der Waals surface area contributed by atoms with Crippen LogP contribution >= 0.6 is 0 Å². The zero-order valence-corrected chi connectivity index (χ0v) is 11.5. The number of hydrogen-bond acceptors (Lipinski definition) is 2. The summed E-state index contributed by atoms with van der Waals surface area (Å²) in [5, 5.41) is 0. The van der Waals surface area contributed by atoms with Gasteiger partial charge >= 0.3 is 0 Å². The molecule has 1 aliphatic rings. The van der Waals surface area contributed by atoms with Crippen molar-refractivity contribution in [1.82, 2.24) is 4.90 Å². The summed E-state index contributed by atoms with van der Waals surface area (Å²) in [5.74, 6) is 0.253. The van der Waals surface area contributed by atoms with E-state index in [-0.39, 0.29) is 5.78 Å². The Morgan fingerprint density at radius 1 is 1.28 bits per heavy atom. The number of ketones is 1. The Hall–Kier alpha value is -1.15. The van der Waals surface area contributed by atoms with Crippen molar-refractivity contribution in [2.24, 2.45) is 0 Å². The first-order valence-corrected chi connectivity index (χ1v) is 7.04. The highest BCUT2D eigenvalue weighted by atomic mass is 16.1. The van der Waals surface area contributed by atoms with Gasteiger partial charge in [-0.15, -0.1) is 0 Å². The van der Waals surface area contributed by atoms with E-state index in [4.69, 9.17) is 0 Å². The Labute approximate surface area is 110 Å². The number of rotatable bonds is 6. The van der Waals surface area contributed by atoms with E-state index in [1.54, 1.807) is 0 Å². The molecule has 0 fully saturated rings. The van der Waals surface area contributed by atoms with Crippen molar-refractivity contribution in [2.45, 2.75) is 39.0 Å². The number of nitrogens with zero attached hydrogens (tertiary/aromatic N) is 1. The smallest absolute Gasteiger partial charge is 0.176 e. The summed E-state index contributed by atoms with van der Waals surface area (Å²) in [6, 6.07) is 6.25. The summed E-state index contributed by atoms with van der Waals surface area (Å²) in [7, 11) is 2.03. The van der Waals surface area contributed by atoms with Gasteiger partial charge in [-0.05, 0) is 56.5 Å². The van der Waals surface area contributed by atoms with Gasteiger partial charge in [0.15, 0.2) is 5.78 Å². The van der Waals surface area contributed by atoms with E-state index in [1.807, 2.05) is 13.1 Å². The van der Waals surface area contributed by atoms with Crippen LogP contribution in [-0.2, 0) is 12.8 Å². The summed E-state index contributed by atoms with van der Waals surface area (Å²) in [6.45, 7) is 3.72. The van der Waals surface area contributed by atoms with E-state index >= 15 is 0 Å². The van der Waals surface area contributed by atoms with Crippen molar-refractivity contribution < 1.29 is 4.79 Å². The minimum Gasteiger partial charge on any atom is -0.299 e. The fourth-order valence-corrected chi connectivity index (χ4v) is 2.59. The molecular formula is C16H23NO. The van der Waals surface area contributed by atoms with Crippen LogP contribution < -0.4 is 0 Å². The van der Waals surface area contributed by atoms with Gasteiger partial charge in [-0.25, -0.2) is 0 Å². The molecule has 1 aromatic rings. The largest absolute Gasteiger partial charge is 0.299 e. The molecule has 0 heterocycles. The molecule has 0 aliphatic heterocycles. The van der Waals surface area contributed by atoms with Crippen LogP contribution in [0.3, 0.4) is 0 Å². The first-order valence-electron chi connectivity index (χ1n) is 7.04. The summed E-state index contributed by atoms with van der Waals surface area (Å²) < 4.78 is 0. The van der Waals surface area contributed by atoms with Gasteiger partial charge in [0.2, 0.25) is 0 Å². The number of benzene rings is 1. The van der Waals surface area contributed by atoms with Crippen molar-refractivity contribution >= 4 is 5.78 Å². The van der Waals surface area contributed by atoms with Crippen molar-refractivity contribution in [3.05, 3.63) is 34.9 Å². The minimum absolute atomic E-state index is 0.253. The molecule has 18 heavy (non-hydrogen) atoms. The van der Waals surface area contributed by atoms with E-state index in [0.29, 0.717) is 6.54 Å². The van der Waals surface area contributed by atoms with Crippen LogP contribution in [0.4, 0.5) is 0 Å². The van der Waals surface area contributed by atoms with Crippen molar-refractivity contribution in [3.8, 4) is 0 Å². The molecule has 1 aliphatic carbocycles. The van der Waals surface area contributed by atoms with Gasteiger partial charge in [0.25, 0.3) is 0 Å². The Morgan fingerprint density at radius 3 is 2.83 bits per heavy atom. The number of Topliss-reactive ketones (excluding diaryl/α,β-unsaturated/α-hetero) is 1. The summed E-state index contributed by atoms with van der Waals surface area (Å²) >= 11 is 0. The SMILES string of the molecule is CCCCN(C)CC(=O)c1ccc2c(c1)CCC2. The highest BCUT2D eigenvalue weighted by molar-refractivity contribution is 5.97. The molecule has 0 atom stereocenters. The lowest BCUT2D eigenvalue weighted by atomic mass is 10.0. The summed E-state index contributed by atoms with van der Waals surface area (Å²) in [4.78, 5) is 14.3. The Kier molecular flexibility index (Phi) is 4.54. The zero-order chi connectivity index (χ0) is 13.0. The van der Waals surface area contributed by atoms with Crippen molar-refractivity contribution in [2.75, 3.05) is 20.1 Å². The standard InChI is InChI=1S/C16H23NO/c1-3-4-10-17(2)12-16(18)15-9-8-13-6-5-7-14(13)11-15/h8-9,11H,3-7,10,12H2,1-2H3. The number of likely N-dealkylation sites (N-methyl/N-ethyl adjacent to an activating group) is 1. The number of hydrogen-bond donors (Lipinski definition) is 0. The van der Waals surface area contributed by atoms with Gasteiger partial charge in [-0.3, -0.25) is 9.69 Å². The Morgan fingerprint density at radius 2 is 2.06 bits per heavy atom. The molecule has 0 unspecified atom stereocenters. The van der Waals surface area contributed by atoms with Gasteiger partial charge in [-0.1, -0.05) is 25.5 Å². The van der Waals surface area contributed by atoms with Crippen LogP contribution in [-0.4, -0.2) is 30.8 Å². The lowest BCUT2D eigenvalue weighted by Crippen LogP contribution is -2.27. The molecule has 0 radical (unpaired) electrons.